The number of benzene rings is 1. The zero-order valence-electron chi connectivity index (χ0n) is 9.07. The number of aromatic nitrogens is 1. The van der Waals surface area contributed by atoms with E-state index in [1.54, 1.807) is 0 Å². The highest BCUT2D eigenvalue weighted by molar-refractivity contribution is 5.84. The fourth-order valence-corrected chi connectivity index (χ4v) is 1.88. The highest BCUT2D eigenvalue weighted by Crippen LogP contribution is 2.27. The minimum Gasteiger partial charge on any atom is -0.394 e. The number of para-hydroxylation sites is 1. The van der Waals surface area contributed by atoms with Crippen molar-refractivity contribution in [3.63, 3.8) is 0 Å². The van der Waals surface area contributed by atoms with Gasteiger partial charge in [0.25, 0.3) is 0 Å². The molecule has 0 fully saturated rings. The quantitative estimate of drug-likeness (QED) is 0.775. The molecule has 2 aromatic rings. The minimum atomic E-state index is -0.680. The first-order valence-corrected chi connectivity index (χ1v) is 5.00. The Labute approximate surface area is 89.1 Å². The molecule has 0 saturated heterocycles. The Morgan fingerprint density at radius 3 is 2.73 bits per heavy atom. The molecule has 0 aliphatic rings. The van der Waals surface area contributed by atoms with Crippen molar-refractivity contribution in [3.8, 4) is 0 Å². The van der Waals surface area contributed by atoms with Crippen LogP contribution in [0.15, 0.2) is 30.5 Å². The average Bonchev–Trinajstić information content (AvgIpc) is 2.58. The molecule has 0 aliphatic heterocycles. The molecule has 15 heavy (non-hydrogen) atoms. The molecule has 0 amide bonds. The van der Waals surface area contributed by atoms with E-state index in [0.29, 0.717) is 0 Å². The van der Waals surface area contributed by atoms with Crippen LogP contribution in [0.1, 0.15) is 12.5 Å². The van der Waals surface area contributed by atoms with Gasteiger partial charge in [0.15, 0.2) is 0 Å². The molecule has 0 saturated carbocycles. The molecule has 1 aromatic carbocycles. The molecule has 0 spiro atoms. The standard InChI is InChI=1S/C12H16N2O/c1-12(13,8-15)10-7-14(2)11-6-4-3-5-9(10)11/h3-7,15H,8,13H2,1-2H3. The van der Waals surface area contributed by atoms with Crippen LogP contribution in [0.4, 0.5) is 0 Å². The second-order valence-corrected chi connectivity index (χ2v) is 4.25. The minimum absolute atomic E-state index is 0.0546. The number of rotatable bonds is 2. The normalized spacial score (nSPS) is 15.5. The van der Waals surface area contributed by atoms with E-state index in [-0.39, 0.29) is 6.61 Å². The van der Waals surface area contributed by atoms with Crippen LogP contribution >= 0.6 is 0 Å². The summed E-state index contributed by atoms with van der Waals surface area (Å²) < 4.78 is 2.03. The van der Waals surface area contributed by atoms with Crippen LogP contribution in [-0.2, 0) is 12.6 Å². The van der Waals surface area contributed by atoms with E-state index < -0.39 is 5.54 Å². The van der Waals surface area contributed by atoms with Gasteiger partial charge in [-0.05, 0) is 18.6 Å². The maximum Gasteiger partial charge on any atom is 0.0651 e. The fourth-order valence-electron chi connectivity index (χ4n) is 1.88. The lowest BCUT2D eigenvalue weighted by molar-refractivity contribution is 0.211. The lowest BCUT2D eigenvalue weighted by Gasteiger charge is -2.21. The molecule has 1 atom stereocenters. The highest BCUT2D eigenvalue weighted by Gasteiger charge is 2.24. The largest absolute Gasteiger partial charge is 0.394 e. The number of fused-ring (bicyclic) bond motifs is 1. The van der Waals surface area contributed by atoms with E-state index in [9.17, 15) is 5.11 Å². The van der Waals surface area contributed by atoms with Gasteiger partial charge in [-0.15, -0.1) is 0 Å². The van der Waals surface area contributed by atoms with Crippen molar-refractivity contribution in [2.75, 3.05) is 6.61 Å². The fraction of sp³-hybridized carbons (Fsp3) is 0.333. The van der Waals surface area contributed by atoms with Gasteiger partial charge in [0.05, 0.1) is 12.1 Å². The predicted molar refractivity (Wildman–Crippen MR) is 61.5 cm³/mol. The third-order valence-corrected chi connectivity index (χ3v) is 2.84. The van der Waals surface area contributed by atoms with Gasteiger partial charge in [-0.2, -0.15) is 0 Å². The monoisotopic (exact) mass is 204 g/mol. The van der Waals surface area contributed by atoms with Crippen LogP contribution in [0.2, 0.25) is 0 Å². The first kappa shape index (κ1) is 10.2. The van der Waals surface area contributed by atoms with Crippen molar-refractivity contribution < 1.29 is 5.11 Å². The number of hydrogen-bond acceptors (Lipinski definition) is 2. The summed E-state index contributed by atoms with van der Waals surface area (Å²) in [6, 6.07) is 8.07. The Morgan fingerprint density at radius 1 is 1.40 bits per heavy atom. The summed E-state index contributed by atoms with van der Waals surface area (Å²) in [5, 5.41) is 10.4. The summed E-state index contributed by atoms with van der Waals surface area (Å²) in [6.45, 7) is 1.79. The van der Waals surface area contributed by atoms with Crippen molar-refractivity contribution in [1.82, 2.24) is 4.57 Å². The predicted octanol–water partition coefficient (Wildman–Crippen LogP) is 1.34. The number of aliphatic hydroxyl groups is 1. The van der Waals surface area contributed by atoms with Gasteiger partial charge in [-0.3, -0.25) is 0 Å². The summed E-state index contributed by atoms with van der Waals surface area (Å²) in [5.41, 5.74) is 7.50. The van der Waals surface area contributed by atoms with Crippen LogP contribution in [0.25, 0.3) is 10.9 Å². The topological polar surface area (TPSA) is 51.2 Å². The highest BCUT2D eigenvalue weighted by atomic mass is 16.3. The summed E-state index contributed by atoms with van der Waals surface area (Å²) in [6.07, 6.45) is 1.99. The molecule has 1 heterocycles. The van der Waals surface area contributed by atoms with Crippen molar-refractivity contribution >= 4 is 10.9 Å². The Kier molecular flexibility index (Phi) is 2.29. The molecular formula is C12H16N2O. The van der Waals surface area contributed by atoms with E-state index in [1.165, 1.54) is 0 Å². The smallest absolute Gasteiger partial charge is 0.0651 e. The van der Waals surface area contributed by atoms with Crippen molar-refractivity contribution in [3.05, 3.63) is 36.0 Å². The second-order valence-electron chi connectivity index (χ2n) is 4.25. The van der Waals surface area contributed by atoms with E-state index in [1.807, 2.05) is 49.0 Å². The zero-order valence-corrected chi connectivity index (χ0v) is 9.07. The molecule has 80 valence electrons. The molecule has 0 bridgehead atoms. The van der Waals surface area contributed by atoms with Gasteiger partial charge in [0, 0.05) is 24.1 Å². The van der Waals surface area contributed by atoms with Gasteiger partial charge in [0.2, 0.25) is 0 Å². The van der Waals surface area contributed by atoms with Crippen LogP contribution in [0.3, 0.4) is 0 Å². The van der Waals surface area contributed by atoms with Crippen molar-refractivity contribution in [2.24, 2.45) is 12.8 Å². The molecule has 1 unspecified atom stereocenters. The zero-order chi connectivity index (χ0) is 11.1. The summed E-state index contributed by atoms with van der Waals surface area (Å²) in [4.78, 5) is 0. The number of hydrogen-bond donors (Lipinski definition) is 2. The van der Waals surface area contributed by atoms with Gasteiger partial charge < -0.3 is 15.4 Å². The van der Waals surface area contributed by atoms with E-state index in [4.69, 9.17) is 5.73 Å². The Morgan fingerprint density at radius 2 is 2.07 bits per heavy atom. The molecular weight excluding hydrogens is 188 g/mol. The van der Waals surface area contributed by atoms with Crippen molar-refractivity contribution in [1.29, 1.82) is 0 Å². The maximum absolute atomic E-state index is 9.28. The average molecular weight is 204 g/mol. The molecule has 0 radical (unpaired) electrons. The van der Waals surface area contributed by atoms with Crippen molar-refractivity contribution in [2.45, 2.75) is 12.5 Å². The van der Waals surface area contributed by atoms with Gasteiger partial charge >= 0.3 is 0 Å². The number of aliphatic hydroxyl groups excluding tert-OH is 1. The van der Waals surface area contributed by atoms with Crippen LogP contribution in [0.5, 0.6) is 0 Å². The molecule has 3 heteroatoms. The van der Waals surface area contributed by atoms with Gasteiger partial charge in [0.1, 0.15) is 0 Å². The van der Waals surface area contributed by atoms with E-state index in [2.05, 4.69) is 0 Å². The number of aryl methyl sites for hydroxylation is 1. The van der Waals surface area contributed by atoms with Gasteiger partial charge in [-0.1, -0.05) is 18.2 Å². The maximum atomic E-state index is 9.28. The number of nitrogens with two attached hydrogens (primary N) is 1. The molecule has 0 aliphatic carbocycles. The van der Waals surface area contributed by atoms with Crippen LogP contribution < -0.4 is 5.73 Å². The molecule has 1 aromatic heterocycles. The third-order valence-electron chi connectivity index (χ3n) is 2.84. The first-order chi connectivity index (χ1) is 7.06. The lowest BCUT2D eigenvalue weighted by Crippen LogP contribution is -2.36. The third kappa shape index (κ3) is 1.54. The van der Waals surface area contributed by atoms with Gasteiger partial charge in [-0.25, -0.2) is 0 Å². The molecule has 3 N–H and O–H groups in total. The Balaban J connectivity index is 2.72. The van der Waals surface area contributed by atoms with Crippen LogP contribution in [0, 0.1) is 0 Å². The summed E-state index contributed by atoms with van der Waals surface area (Å²) in [5.74, 6) is 0. The SMILES string of the molecule is Cn1cc(C(C)(N)CO)c2ccccc21. The first-order valence-electron chi connectivity index (χ1n) is 5.00. The van der Waals surface area contributed by atoms with E-state index in [0.717, 1.165) is 16.5 Å². The molecule has 3 nitrogen and oxygen atoms in total. The Bertz CT molecular complexity index is 485. The summed E-state index contributed by atoms with van der Waals surface area (Å²) >= 11 is 0. The van der Waals surface area contributed by atoms with Crippen LogP contribution in [-0.4, -0.2) is 16.3 Å². The van der Waals surface area contributed by atoms with E-state index >= 15 is 0 Å². The molecule has 2 rings (SSSR count). The summed E-state index contributed by atoms with van der Waals surface area (Å²) in [7, 11) is 1.99. The number of nitrogens with zero attached hydrogens (tertiary/aromatic N) is 1. The lowest BCUT2D eigenvalue weighted by atomic mass is 9.94. The Hall–Kier alpha value is -1.32. The second kappa shape index (κ2) is 3.36.